The lowest BCUT2D eigenvalue weighted by Gasteiger charge is -2.23. The number of aromatic nitrogens is 1. The minimum absolute atomic E-state index is 0.122. The number of benzene rings is 2. The Morgan fingerprint density at radius 2 is 1.73 bits per heavy atom. The second-order valence-electron chi connectivity index (χ2n) is 6.36. The summed E-state index contributed by atoms with van der Waals surface area (Å²) in [6.45, 7) is -0.283. The maximum Gasteiger partial charge on any atom is 0.274 e. The van der Waals surface area contributed by atoms with Crippen molar-refractivity contribution in [3.8, 4) is 5.75 Å². The minimum atomic E-state index is -4.43. The zero-order chi connectivity index (χ0) is 21.7. The summed E-state index contributed by atoms with van der Waals surface area (Å²) in [4.78, 5) is 14.6. The number of amides is 1. The lowest BCUT2D eigenvalue weighted by atomic mass is 10.1. The lowest BCUT2D eigenvalue weighted by Crippen LogP contribution is -2.31. The van der Waals surface area contributed by atoms with Gasteiger partial charge in [0.15, 0.2) is 4.90 Å². The van der Waals surface area contributed by atoms with Gasteiger partial charge in [-0.25, -0.2) is 18.3 Å². The molecule has 3 rings (SSSR count). The van der Waals surface area contributed by atoms with Crippen molar-refractivity contribution in [2.24, 2.45) is 0 Å². The first-order valence-corrected chi connectivity index (χ1v) is 10.2. The van der Waals surface area contributed by atoms with Gasteiger partial charge in [0.2, 0.25) is 10.0 Å². The van der Waals surface area contributed by atoms with Crippen molar-refractivity contribution >= 4 is 15.9 Å². The van der Waals surface area contributed by atoms with Crippen molar-refractivity contribution in [3.63, 3.8) is 0 Å². The van der Waals surface area contributed by atoms with Gasteiger partial charge in [0, 0.05) is 31.0 Å². The predicted octanol–water partition coefficient (Wildman–Crippen LogP) is 2.44. The van der Waals surface area contributed by atoms with Crippen LogP contribution in [0.1, 0.15) is 21.5 Å². The molecule has 0 fully saturated rings. The third-order valence-electron chi connectivity index (χ3n) is 4.30. The third kappa shape index (κ3) is 4.62. The van der Waals surface area contributed by atoms with Crippen LogP contribution in [-0.2, 0) is 23.1 Å². The van der Waals surface area contributed by atoms with Gasteiger partial charge in [-0.1, -0.05) is 24.3 Å². The van der Waals surface area contributed by atoms with Gasteiger partial charge in [0.1, 0.15) is 11.6 Å². The molecule has 1 amide bonds. The number of nitrogens with zero attached hydrogens (tertiary/aromatic N) is 2. The number of halogens is 1. The summed E-state index contributed by atoms with van der Waals surface area (Å²) in [5.41, 5.74) is 2.76. The summed E-state index contributed by atoms with van der Waals surface area (Å²) >= 11 is 0. The average molecular weight is 431 g/mol. The molecule has 0 aliphatic rings. The molecule has 3 aromatic rings. The number of aromatic hydroxyl groups is 1. The minimum Gasteiger partial charge on any atom is -0.506 e. The fourth-order valence-corrected chi connectivity index (χ4v) is 4.38. The second kappa shape index (κ2) is 8.99. The summed E-state index contributed by atoms with van der Waals surface area (Å²) < 4.78 is 41.7. The molecule has 0 radical (unpaired) electrons. The molecule has 0 atom stereocenters. The second-order valence-corrected chi connectivity index (χ2v) is 8.24. The molecule has 2 aromatic carbocycles. The lowest BCUT2D eigenvalue weighted by molar-refractivity contribution is 0.0706. The highest BCUT2D eigenvalue weighted by Gasteiger charge is 2.31. The van der Waals surface area contributed by atoms with Gasteiger partial charge < -0.3 is 5.11 Å². The average Bonchev–Trinajstić information content (AvgIpc) is 2.73. The van der Waals surface area contributed by atoms with Crippen LogP contribution in [0.3, 0.4) is 0 Å². The monoisotopic (exact) mass is 431 g/mol. The van der Waals surface area contributed by atoms with E-state index < -0.39 is 32.4 Å². The topological polar surface area (TPSA) is 120 Å². The number of nitrogens with one attached hydrogen (secondary N) is 1. The highest BCUT2D eigenvalue weighted by molar-refractivity contribution is 7.89. The molecule has 0 saturated heterocycles. The Morgan fingerprint density at radius 1 is 1.03 bits per heavy atom. The molecule has 0 aliphatic carbocycles. The van der Waals surface area contributed by atoms with Crippen LogP contribution in [0.2, 0.25) is 0 Å². The van der Waals surface area contributed by atoms with Crippen molar-refractivity contribution in [3.05, 3.63) is 89.5 Å². The summed E-state index contributed by atoms with van der Waals surface area (Å²) in [6.07, 6.45) is 3.02. The van der Waals surface area contributed by atoms with Gasteiger partial charge in [-0.15, -0.1) is 0 Å². The van der Waals surface area contributed by atoms with Gasteiger partial charge in [0.25, 0.3) is 5.91 Å². The smallest absolute Gasteiger partial charge is 0.274 e. The van der Waals surface area contributed by atoms with Crippen molar-refractivity contribution in [1.82, 2.24) is 14.8 Å². The van der Waals surface area contributed by atoms with Crippen LogP contribution in [0.25, 0.3) is 0 Å². The molecule has 8 nitrogen and oxygen atoms in total. The molecule has 30 heavy (non-hydrogen) atoms. The van der Waals surface area contributed by atoms with E-state index in [0.717, 1.165) is 16.4 Å². The SMILES string of the molecule is O=C(NO)c1ccc(CN(Cc2cccnc2)S(=O)(=O)c2c(O)cccc2F)cc1. The van der Waals surface area contributed by atoms with Crippen LogP contribution >= 0.6 is 0 Å². The first kappa shape index (κ1) is 21.4. The summed E-state index contributed by atoms with van der Waals surface area (Å²) in [6, 6.07) is 12.4. The van der Waals surface area contributed by atoms with E-state index in [1.165, 1.54) is 48.2 Å². The normalized spacial score (nSPS) is 11.4. The molecule has 1 heterocycles. The van der Waals surface area contributed by atoms with Crippen LogP contribution < -0.4 is 5.48 Å². The number of hydrogen-bond acceptors (Lipinski definition) is 6. The van der Waals surface area contributed by atoms with Crippen LogP contribution in [-0.4, -0.2) is 33.9 Å². The van der Waals surface area contributed by atoms with E-state index in [1.54, 1.807) is 12.1 Å². The largest absolute Gasteiger partial charge is 0.506 e. The van der Waals surface area contributed by atoms with Crippen molar-refractivity contribution < 1.29 is 27.9 Å². The van der Waals surface area contributed by atoms with Crippen LogP contribution in [0.4, 0.5) is 4.39 Å². The molecule has 10 heteroatoms. The number of sulfonamides is 1. The van der Waals surface area contributed by atoms with E-state index in [0.29, 0.717) is 11.1 Å². The Bertz CT molecular complexity index is 1120. The highest BCUT2D eigenvalue weighted by atomic mass is 32.2. The van der Waals surface area contributed by atoms with Gasteiger partial charge in [0.05, 0.1) is 0 Å². The predicted molar refractivity (Wildman–Crippen MR) is 104 cm³/mol. The summed E-state index contributed by atoms with van der Waals surface area (Å²) in [5.74, 6) is -2.47. The fourth-order valence-electron chi connectivity index (χ4n) is 2.83. The Kier molecular flexibility index (Phi) is 6.40. The molecule has 156 valence electrons. The molecular formula is C20H18FN3O5S. The Hall–Kier alpha value is -3.34. The van der Waals surface area contributed by atoms with Crippen molar-refractivity contribution in [2.45, 2.75) is 18.0 Å². The van der Waals surface area contributed by atoms with Crippen LogP contribution in [0.15, 0.2) is 71.9 Å². The van der Waals surface area contributed by atoms with Crippen molar-refractivity contribution in [2.75, 3.05) is 0 Å². The molecule has 0 aliphatic heterocycles. The molecule has 0 unspecified atom stereocenters. The number of pyridine rings is 1. The Morgan fingerprint density at radius 3 is 2.33 bits per heavy atom. The van der Waals surface area contributed by atoms with E-state index >= 15 is 0 Å². The molecular weight excluding hydrogens is 413 g/mol. The molecule has 3 N–H and O–H groups in total. The number of rotatable bonds is 7. The van der Waals surface area contributed by atoms with Gasteiger partial charge in [-0.3, -0.25) is 15.0 Å². The number of phenolic OH excluding ortho intramolecular Hbond substituents is 1. The Labute approximate surface area is 172 Å². The number of phenols is 1. The standard InChI is InChI=1S/C20H18FN3O5S/c21-17-4-1-5-18(25)19(17)30(28,29)24(13-15-3-2-10-22-11-15)12-14-6-8-16(9-7-14)20(26)23-27/h1-11,25,27H,12-13H2,(H,23,26). The van der Waals surface area contributed by atoms with E-state index in [4.69, 9.17) is 5.21 Å². The van der Waals surface area contributed by atoms with Crippen LogP contribution in [0.5, 0.6) is 5.75 Å². The molecule has 0 bridgehead atoms. The summed E-state index contributed by atoms with van der Waals surface area (Å²) in [5, 5.41) is 18.7. The molecule has 0 saturated carbocycles. The fraction of sp³-hybridized carbons (Fsp3) is 0.100. The number of carbonyl (C=O) groups is 1. The zero-order valence-electron chi connectivity index (χ0n) is 15.6. The van der Waals surface area contributed by atoms with E-state index in [-0.39, 0.29) is 18.7 Å². The first-order valence-electron chi connectivity index (χ1n) is 8.73. The third-order valence-corrected chi connectivity index (χ3v) is 6.16. The van der Waals surface area contributed by atoms with E-state index in [9.17, 15) is 22.7 Å². The van der Waals surface area contributed by atoms with Gasteiger partial charge in [-0.2, -0.15) is 4.31 Å². The Balaban J connectivity index is 1.99. The number of hydroxylamine groups is 1. The number of carbonyl (C=O) groups excluding carboxylic acids is 1. The molecule has 0 spiro atoms. The summed E-state index contributed by atoms with van der Waals surface area (Å²) in [7, 11) is -4.43. The van der Waals surface area contributed by atoms with Crippen LogP contribution in [0, 0.1) is 5.82 Å². The highest BCUT2D eigenvalue weighted by Crippen LogP contribution is 2.30. The maximum absolute atomic E-state index is 14.3. The zero-order valence-corrected chi connectivity index (χ0v) is 16.4. The van der Waals surface area contributed by atoms with E-state index in [1.807, 2.05) is 0 Å². The number of hydrogen-bond donors (Lipinski definition) is 3. The van der Waals surface area contributed by atoms with Gasteiger partial charge in [-0.05, 0) is 41.5 Å². The quantitative estimate of drug-likeness (QED) is 0.390. The first-order chi connectivity index (χ1) is 14.3. The van der Waals surface area contributed by atoms with Crippen molar-refractivity contribution in [1.29, 1.82) is 0 Å². The maximum atomic E-state index is 14.3. The van der Waals surface area contributed by atoms with E-state index in [2.05, 4.69) is 4.98 Å². The molecule has 1 aromatic heterocycles. The van der Waals surface area contributed by atoms with Gasteiger partial charge >= 0.3 is 0 Å².